The topological polar surface area (TPSA) is 91.1 Å². The van der Waals surface area contributed by atoms with Crippen molar-refractivity contribution in [2.24, 2.45) is 0 Å². The van der Waals surface area contributed by atoms with Crippen molar-refractivity contribution in [2.75, 3.05) is 6.54 Å². The Balaban J connectivity index is 1.65. The van der Waals surface area contributed by atoms with E-state index in [1.165, 1.54) is 0 Å². The van der Waals surface area contributed by atoms with Crippen LogP contribution in [0.1, 0.15) is 51.3 Å². The summed E-state index contributed by atoms with van der Waals surface area (Å²) >= 11 is 0. The van der Waals surface area contributed by atoms with Gasteiger partial charge in [-0.25, -0.2) is 0 Å². The maximum absolute atomic E-state index is 10.8. The second-order valence-corrected chi connectivity index (χ2v) is 8.86. The van der Waals surface area contributed by atoms with Crippen molar-refractivity contribution in [3.63, 3.8) is 0 Å². The first-order chi connectivity index (χ1) is 14.0. The molecule has 1 aliphatic rings. The molecule has 0 bridgehead atoms. The molecule has 0 amide bonds. The predicted molar refractivity (Wildman–Crippen MR) is 114 cm³/mol. The van der Waals surface area contributed by atoms with Gasteiger partial charge in [-0.15, -0.1) is 0 Å². The molecule has 2 aromatic rings. The van der Waals surface area contributed by atoms with Crippen LogP contribution in [-0.2, 0) is 16.0 Å². The van der Waals surface area contributed by atoms with Crippen LogP contribution in [0.2, 0.25) is 0 Å². The van der Waals surface area contributed by atoms with Crippen LogP contribution < -0.4 is 10.2 Å². The van der Waals surface area contributed by atoms with E-state index in [9.17, 15) is 15.1 Å². The number of hydrogen-bond donors (Lipinski definition) is 1. The highest BCUT2D eigenvalue weighted by atomic mass is 16.6. The molecule has 8 heteroatoms. The Kier molecular flexibility index (Phi) is 6.50. The summed E-state index contributed by atoms with van der Waals surface area (Å²) in [6.45, 7) is 8.16. The molecule has 0 fully saturated rings. The quantitative estimate of drug-likeness (QED) is 0.386. The molecule has 160 valence electrons. The van der Waals surface area contributed by atoms with Gasteiger partial charge in [-0.1, -0.05) is 36.4 Å². The van der Waals surface area contributed by atoms with Gasteiger partial charge in [0.25, 0.3) is 0 Å². The van der Waals surface area contributed by atoms with Crippen LogP contribution in [0.5, 0.6) is 5.75 Å². The third kappa shape index (κ3) is 5.81. The van der Waals surface area contributed by atoms with Crippen LogP contribution in [0.15, 0.2) is 48.5 Å². The Bertz CT molecular complexity index is 886. The fourth-order valence-corrected chi connectivity index (χ4v) is 3.99. The lowest BCUT2D eigenvalue weighted by molar-refractivity contribution is -0.490. The first-order valence-electron chi connectivity index (χ1n) is 10.0. The normalized spacial score (nSPS) is 16.4. The molecule has 2 aromatic carbocycles. The average molecular weight is 413 g/mol. The molecule has 1 atom stereocenters. The maximum atomic E-state index is 10.8. The van der Waals surface area contributed by atoms with Crippen LogP contribution in [0.3, 0.4) is 0 Å². The molecule has 0 radical (unpaired) electrons. The molecular weight excluding hydrogens is 385 g/mol. The zero-order valence-electron chi connectivity index (χ0n) is 17.8. The number of hydrogen-bond acceptors (Lipinski definition) is 6. The average Bonchev–Trinajstić information content (AvgIpc) is 2.94. The van der Waals surface area contributed by atoms with E-state index in [0.29, 0.717) is 29.8 Å². The van der Waals surface area contributed by atoms with Gasteiger partial charge >= 0.3 is 7.12 Å². The molecule has 3 rings (SSSR count). The van der Waals surface area contributed by atoms with Gasteiger partial charge in [0.05, 0.1) is 12.2 Å². The number of fused-ring (bicyclic) bond motifs is 1. The predicted octanol–water partition coefficient (Wildman–Crippen LogP) is 3.27. The minimum Gasteiger partial charge on any atom is -0.488 e. The Morgan fingerprint density at radius 3 is 2.50 bits per heavy atom. The summed E-state index contributed by atoms with van der Waals surface area (Å²) in [4.78, 5) is 10.4. The number of ether oxygens (including phenoxy) is 2. The lowest BCUT2D eigenvalue weighted by Crippen LogP contribution is -2.39. The van der Waals surface area contributed by atoms with E-state index in [-0.39, 0.29) is 6.54 Å². The third-order valence-electron chi connectivity index (χ3n) is 5.00. The summed E-state index contributed by atoms with van der Waals surface area (Å²) in [5.41, 5.74) is 1.28. The second-order valence-electron chi connectivity index (χ2n) is 8.86. The minimum atomic E-state index is -1.19. The molecule has 1 aliphatic heterocycles. The van der Waals surface area contributed by atoms with Gasteiger partial charge < -0.3 is 19.2 Å². The van der Waals surface area contributed by atoms with Crippen LogP contribution >= 0.6 is 0 Å². The Morgan fingerprint density at radius 2 is 1.83 bits per heavy atom. The van der Waals surface area contributed by atoms with E-state index in [4.69, 9.17) is 14.1 Å². The lowest BCUT2D eigenvalue weighted by atomic mass is 9.79. The van der Waals surface area contributed by atoms with E-state index in [1.54, 1.807) is 18.2 Å². The second kappa shape index (κ2) is 8.75. The monoisotopic (exact) mass is 413 g/mol. The molecule has 0 aliphatic carbocycles. The van der Waals surface area contributed by atoms with E-state index in [1.807, 2.05) is 58.0 Å². The van der Waals surface area contributed by atoms with Gasteiger partial charge in [0.15, 0.2) is 0 Å². The maximum Gasteiger partial charge on any atom is 0.492 e. The minimum absolute atomic E-state index is 0.386. The van der Waals surface area contributed by atoms with E-state index >= 15 is 0 Å². The van der Waals surface area contributed by atoms with Gasteiger partial charge in [0.1, 0.15) is 17.5 Å². The van der Waals surface area contributed by atoms with Crippen molar-refractivity contribution >= 4 is 12.6 Å². The van der Waals surface area contributed by atoms with Crippen LogP contribution in [-0.4, -0.2) is 34.8 Å². The zero-order chi connectivity index (χ0) is 21.9. The van der Waals surface area contributed by atoms with Gasteiger partial charge in [0, 0.05) is 11.3 Å². The molecule has 0 spiro atoms. The molecule has 1 heterocycles. The van der Waals surface area contributed by atoms with Crippen LogP contribution in [0, 0.1) is 10.1 Å². The Morgan fingerprint density at radius 1 is 1.13 bits per heavy atom. The summed E-state index contributed by atoms with van der Waals surface area (Å²) in [5.74, 6) is 0.571. The van der Waals surface area contributed by atoms with Gasteiger partial charge in [-0.05, 0) is 56.4 Å². The van der Waals surface area contributed by atoms with Gasteiger partial charge in [0.2, 0.25) is 6.54 Å². The van der Waals surface area contributed by atoms with Crippen molar-refractivity contribution in [1.29, 1.82) is 0 Å². The summed E-state index contributed by atoms with van der Waals surface area (Å²) in [5, 5.41) is 20.9. The molecular formula is C22H28BNO6. The van der Waals surface area contributed by atoms with E-state index in [0.717, 1.165) is 5.56 Å². The molecule has 1 unspecified atom stereocenters. The molecule has 7 nitrogen and oxygen atoms in total. The van der Waals surface area contributed by atoms with Crippen LogP contribution in [0.4, 0.5) is 0 Å². The van der Waals surface area contributed by atoms with E-state index in [2.05, 4.69) is 0 Å². The van der Waals surface area contributed by atoms with Crippen LogP contribution in [0.25, 0.3) is 0 Å². The Hall–Kier alpha value is -2.42. The summed E-state index contributed by atoms with van der Waals surface area (Å²) in [7, 11) is -1.19. The number of nitrogens with zero attached hydrogens (tertiary/aromatic N) is 1. The Labute approximate surface area is 177 Å². The van der Waals surface area contributed by atoms with Crippen molar-refractivity contribution in [1.82, 2.24) is 0 Å². The highest BCUT2D eigenvalue weighted by Gasteiger charge is 2.38. The largest absolute Gasteiger partial charge is 0.492 e. The SMILES string of the molecule is CC(C)(CC(C)(C)Oc1ccc2c(c1)B(O)OC2C[N+](=O)[O-])OCc1ccccc1. The first-order valence-corrected chi connectivity index (χ1v) is 10.0. The number of rotatable bonds is 9. The molecule has 1 N–H and O–H groups in total. The van der Waals surface area contributed by atoms with Gasteiger partial charge in [-0.3, -0.25) is 10.1 Å². The summed E-state index contributed by atoms with van der Waals surface area (Å²) < 4.78 is 17.6. The van der Waals surface area contributed by atoms with Crippen molar-refractivity contribution in [2.45, 2.75) is 58.0 Å². The van der Waals surface area contributed by atoms with Crippen molar-refractivity contribution in [3.05, 3.63) is 69.8 Å². The smallest absolute Gasteiger partial charge is 0.488 e. The number of nitro groups is 1. The molecule has 0 saturated heterocycles. The molecule has 0 aromatic heterocycles. The summed E-state index contributed by atoms with van der Waals surface area (Å²) in [6.07, 6.45) is -0.121. The summed E-state index contributed by atoms with van der Waals surface area (Å²) in [6, 6.07) is 15.2. The zero-order valence-corrected chi connectivity index (χ0v) is 17.8. The molecule has 0 saturated carbocycles. The first kappa shape index (κ1) is 22.3. The van der Waals surface area contributed by atoms with Crippen molar-refractivity contribution < 1.29 is 24.1 Å². The highest BCUT2D eigenvalue weighted by molar-refractivity contribution is 6.61. The number of benzene rings is 2. The lowest BCUT2D eigenvalue weighted by Gasteiger charge is -2.35. The van der Waals surface area contributed by atoms with E-state index < -0.39 is 29.3 Å². The molecule has 30 heavy (non-hydrogen) atoms. The standard InChI is InChI=1S/C22H28BNO6/c1-21(2,28-14-16-8-6-5-7-9-16)15-22(3,4)29-17-10-11-18-19(12-17)23(25)30-20(18)13-24(26)27/h5-12,20,25H,13-15H2,1-4H3. The third-order valence-corrected chi connectivity index (χ3v) is 5.00. The highest BCUT2D eigenvalue weighted by Crippen LogP contribution is 2.31. The fourth-order valence-electron chi connectivity index (χ4n) is 3.99. The van der Waals surface area contributed by atoms with Crippen molar-refractivity contribution in [3.8, 4) is 5.75 Å². The fraction of sp³-hybridized carbons (Fsp3) is 0.455. The van der Waals surface area contributed by atoms with Gasteiger partial charge in [-0.2, -0.15) is 0 Å².